The van der Waals surface area contributed by atoms with Gasteiger partial charge in [0.25, 0.3) is 0 Å². The van der Waals surface area contributed by atoms with Gasteiger partial charge in [-0.05, 0) is 46.1 Å². The van der Waals surface area contributed by atoms with Crippen molar-refractivity contribution in [3.8, 4) is 0 Å². The molecule has 6 nitrogen and oxygen atoms in total. The van der Waals surface area contributed by atoms with E-state index in [4.69, 9.17) is 0 Å². The molecule has 1 N–H and O–H groups in total. The first kappa shape index (κ1) is 18.9. The van der Waals surface area contributed by atoms with Crippen LogP contribution in [0.5, 0.6) is 0 Å². The minimum Gasteiger partial charge on any atom is -0.299 e. The van der Waals surface area contributed by atoms with Gasteiger partial charge in [0.2, 0.25) is 10.0 Å². The van der Waals surface area contributed by atoms with Crippen LogP contribution >= 0.6 is 0 Å². The van der Waals surface area contributed by atoms with Crippen LogP contribution in [0.3, 0.4) is 0 Å². The van der Waals surface area contributed by atoms with Gasteiger partial charge in [-0.3, -0.25) is 9.58 Å². The third-order valence-electron chi connectivity index (χ3n) is 5.76. The first-order valence-electron chi connectivity index (χ1n) is 9.80. The zero-order valence-corrected chi connectivity index (χ0v) is 16.4. The summed E-state index contributed by atoms with van der Waals surface area (Å²) < 4.78 is 30.3. The number of piperidine rings is 1. The van der Waals surface area contributed by atoms with Crippen molar-refractivity contribution in [2.24, 2.45) is 0 Å². The molecular weight excluding hydrogens is 336 g/mol. The molecule has 1 saturated carbocycles. The van der Waals surface area contributed by atoms with Crippen LogP contribution in [0.2, 0.25) is 0 Å². The van der Waals surface area contributed by atoms with Crippen molar-refractivity contribution in [3.63, 3.8) is 0 Å². The Kier molecular flexibility index (Phi) is 6.17. The van der Waals surface area contributed by atoms with E-state index in [0.717, 1.165) is 25.9 Å². The molecule has 0 unspecified atom stereocenters. The molecule has 142 valence electrons. The van der Waals surface area contributed by atoms with Crippen LogP contribution in [0.4, 0.5) is 0 Å². The highest BCUT2D eigenvalue weighted by atomic mass is 32.2. The van der Waals surface area contributed by atoms with Crippen molar-refractivity contribution in [3.05, 3.63) is 11.9 Å². The van der Waals surface area contributed by atoms with E-state index < -0.39 is 10.0 Å². The van der Waals surface area contributed by atoms with Crippen LogP contribution in [0.15, 0.2) is 11.1 Å². The molecule has 0 aromatic carbocycles. The number of nitrogens with zero attached hydrogens (tertiary/aromatic N) is 3. The number of aryl methyl sites for hydroxylation is 1. The van der Waals surface area contributed by atoms with E-state index in [9.17, 15) is 8.42 Å². The van der Waals surface area contributed by atoms with Crippen molar-refractivity contribution < 1.29 is 8.42 Å². The predicted molar refractivity (Wildman–Crippen MR) is 99.0 cm³/mol. The summed E-state index contributed by atoms with van der Waals surface area (Å²) in [6, 6.07) is 0.644. The molecule has 0 amide bonds. The molecule has 1 aliphatic carbocycles. The largest absolute Gasteiger partial charge is 0.299 e. The molecule has 2 aliphatic rings. The lowest BCUT2D eigenvalue weighted by Crippen LogP contribution is -2.50. The van der Waals surface area contributed by atoms with Crippen LogP contribution in [0, 0.1) is 6.92 Å². The first-order valence-corrected chi connectivity index (χ1v) is 11.3. The van der Waals surface area contributed by atoms with E-state index in [0.29, 0.717) is 23.2 Å². The average molecular weight is 369 g/mol. The summed E-state index contributed by atoms with van der Waals surface area (Å²) in [6.45, 7) is 6.42. The highest BCUT2D eigenvalue weighted by molar-refractivity contribution is 7.89. The minimum absolute atomic E-state index is 0.00591. The smallest absolute Gasteiger partial charge is 0.244 e. The topological polar surface area (TPSA) is 67.2 Å². The number of hydrogen-bond donors (Lipinski definition) is 1. The second-order valence-electron chi connectivity index (χ2n) is 7.51. The zero-order chi connectivity index (χ0) is 17.9. The normalized spacial score (nSPS) is 24.3. The molecule has 25 heavy (non-hydrogen) atoms. The summed E-state index contributed by atoms with van der Waals surface area (Å²) in [7, 11) is -3.50. The van der Waals surface area contributed by atoms with Crippen LogP contribution in [0.25, 0.3) is 0 Å². The third kappa shape index (κ3) is 4.44. The van der Waals surface area contributed by atoms with E-state index in [-0.39, 0.29) is 6.04 Å². The Morgan fingerprint density at radius 1 is 1.16 bits per heavy atom. The Balaban J connectivity index is 1.66. The lowest BCUT2D eigenvalue weighted by atomic mass is 10.0. The maximum atomic E-state index is 12.8. The van der Waals surface area contributed by atoms with Gasteiger partial charge in [-0.2, -0.15) is 5.10 Å². The highest BCUT2D eigenvalue weighted by Gasteiger charge is 2.30. The summed E-state index contributed by atoms with van der Waals surface area (Å²) in [5.41, 5.74) is 0.714. The number of sulfonamides is 1. The van der Waals surface area contributed by atoms with Gasteiger partial charge in [0.05, 0.1) is 11.9 Å². The fraction of sp³-hybridized carbons (Fsp3) is 0.833. The fourth-order valence-electron chi connectivity index (χ4n) is 4.35. The molecule has 3 rings (SSSR count). The SMILES string of the molecule is CCn1ncc(S(=O)(=O)N[C@H]2CCCN(C3CCCCCC3)C2)c1C. The van der Waals surface area contributed by atoms with Crippen LogP contribution in [-0.2, 0) is 16.6 Å². The van der Waals surface area contributed by atoms with E-state index in [1.165, 1.54) is 44.7 Å². The lowest BCUT2D eigenvalue weighted by Gasteiger charge is -2.38. The Morgan fingerprint density at radius 2 is 1.88 bits per heavy atom. The van der Waals surface area contributed by atoms with Gasteiger partial charge in [0, 0.05) is 25.2 Å². The number of likely N-dealkylation sites (tertiary alicyclic amines) is 1. The molecule has 0 radical (unpaired) electrons. The number of aromatic nitrogens is 2. The summed E-state index contributed by atoms with van der Waals surface area (Å²) in [4.78, 5) is 2.85. The standard InChI is InChI=1S/C18H32N4O2S/c1-3-22-15(2)18(13-19-22)25(23,24)20-16-9-8-12-21(14-16)17-10-6-4-5-7-11-17/h13,16-17,20H,3-12,14H2,1-2H3/t16-/m0/s1. The Morgan fingerprint density at radius 3 is 2.52 bits per heavy atom. The van der Waals surface area contributed by atoms with Gasteiger partial charge in [-0.1, -0.05) is 25.7 Å². The third-order valence-corrected chi connectivity index (χ3v) is 7.39. The number of rotatable bonds is 5. The molecule has 1 aliphatic heterocycles. The Labute approximate surface area is 152 Å². The summed E-state index contributed by atoms with van der Waals surface area (Å²) in [5, 5.41) is 4.18. The van der Waals surface area contributed by atoms with E-state index in [1.54, 1.807) is 4.68 Å². The van der Waals surface area contributed by atoms with Crippen molar-refractivity contribution in [2.45, 2.75) is 88.7 Å². The quantitative estimate of drug-likeness (QED) is 0.812. The Hall–Kier alpha value is -0.920. The molecule has 7 heteroatoms. The second kappa shape index (κ2) is 8.18. The molecular formula is C18H32N4O2S. The molecule has 0 spiro atoms. The molecule has 1 aromatic rings. The predicted octanol–water partition coefficient (Wildman–Crippen LogP) is 2.68. The minimum atomic E-state index is -3.50. The molecule has 1 aromatic heterocycles. The average Bonchev–Trinajstić information content (AvgIpc) is 2.80. The van der Waals surface area contributed by atoms with Crippen molar-refractivity contribution in [2.75, 3.05) is 13.1 Å². The van der Waals surface area contributed by atoms with E-state index in [1.807, 2.05) is 13.8 Å². The maximum absolute atomic E-state index is 12.8. The molecule has 0 bridgehead atoms. The van der Waals surface area contributed by atoms with Crippen molar-refractivity contribution in [1.82, 2.24) is 19.4 Å². The lowest BCUT2D eigenvalue weighted by molar-refractivity contribution is 0.132. The van der Waals surface area contributed by atoms with Gasteiger partial charge in [-0.25, -0.2) is 13.1 Å². The van der Waals surface area contributed by atoms with E-state index >= 15 is 0 Å². The van der Waals surface area contributed by atoms with Gasteiger partial charge in [0.15, 0.2) is 0 Å². The molecule has 2 fully saturated rings. The Bertz CT molecular complexity index is 663. The van der Waals surface area contributed by atoms with Gasteiger partial charge < -0.3 is 0 Å². The summed E-state index contributed by atoms with van der Waals surface area (Å²) >= 11 is 0. The maximum Gasteiger partial charge on any atom is 0.244 e. The van der Waals surface area contributed by atoms with Crippen LogP contribution in [0.1, 0.15) is 64.0 Å². The van der Waals surface area contributed by atoms with Gasteiger partial charge in [0.1, 0.15) is 4.90 Å². The van der Waals surface area contributed by atoms with Crippen LogP contribution < -0.4 is 4.72 Å². The number of nitrogens with one attached hydrogen (secondary N) is 1. The summed E-state index contributed by atoms with van der Waals surface area (Å²) in [5.74, 6) is 0. The van der Waals surface area contributed by atoms with Crippen molar-refractivity contribution in [1.29, 1.82) is 0 Å². The monoisotopic (exact) mass is 368 g/mol. The van der Waals surface area contributed by atoms with Crippen molar-refractivity contribution >= 4 is 10.0 Å². The molecule has 1 saturated heterocycles. The van der Waals surface area contributed by atoms with Gasteiger partial charge >= 0.3 is 0 Å². The first-order chi connectivity index (χ1) is 12.0. The van der Waals surface area contributed by atoms with Gasteiger partial charge in [-0.15, -0.1) is 0 Å². The highest BCUT2D eigenvalue weighted by Crippen LogP contribution is 2.25. The number of hydrogen-bond acceptors (Lipinski definition) is 4. The van der Waals surface area contributed by atoms with E-state index in [2.05, 4.69) is 14.7 Å². The fourth-order valence-corrected chi connectivity index (χ4v) is 5.79. The second-order valence-corrected chi connectivity index (χ2v) is 9.19. The zero-order valence-electron chi connectivity index (χ0n) is 15.6. The summed E-state index contributed by atoms with van der Waals surface area (Å²) in [6.07, 6.45) is 11.3. The van der Waals surface area contributed by atoms with Crippen LogP contribution in [-0.4, -0.2) is 48.3 Å². The molecule has 2 heterocycles. The molecule has 1 atom stereocenters.